The van der Waals surface area contributed by atoms with Crippen LogP contribution in [0.2, 0.25) is 0 Å². The van der Waals surface area contributed by atoms with Crippen LogP contribution < -0.4 is 15.4 Å². The number of amides is 1. The number of ether oxygens (including phenoxy) is 1. The number of anilines is 1. The van der Waals surface area contributed by atoms with Gasteiger partial charge in [-0.1, -0.05) is 0 Å². The molecule has 0 aromatic heterocycles. The highest BCUT2D eigenvalue weighted by molar-refractivity contribution is 5.64. The molecular formula is C11H13F3N2O3. The quantitative estimate of drug-likeness (QED) is 0.774. The maximum absolute atomic E-state index is 11.9. The largest absolute Gasteiger partial charge is 0.573 e. The number of halogens is 3. The molecule has 0 aliphatic rings. The van der Waals surface area contributed by atoms with Crippen LogP contribution >= 0.6 is 0 Å². The number of nitrogens with one attached hydrogen (secondary N) is 2. The van der Waals surface area contributed by atoms with Crippen molar-refractivity contribution >= 4 is 11.8 Å². The average molecular weight is 278 g/mol. The van der Waals surface area contributed by atoms with Crippen molar-refractivity contribution in [1.82, 2.24) is 5.32 Å². The van der Waals surface area contributed by atoms with Crippen LogP contribution in [0.4, 0.5) is 23.7 Å². The fraction of sp³-hybridized carbons (Fsp3) is 0.364. The number of carboxylic acid groups (broad SMARTS) is 1. The van der Waals surface area contributed by atoms with E-state index in [0.29, 0.717) is 12.2 Å². The summed E-state index contributed by atoms with van der Waals surface area (Å²) in [5.74, 6) is -0.310. The number of alkyl halides is 3. The van der Waals surface area contributed by atoms with Crippen molar-refractivity contribution in [1.29, 1.82) is 0 Å². The third-order valence-electron chi connectivity index (χ3n) is 2.07. The highest BCUT2D eigenvalue weighted by Gasteiger charge is 2.30. The predicted octanol–water partition coefficient (Wildman–Crippen LogP) is 2.65. The lowest BCUT2D eigenvalue weighted by Crippen LogP contribution is -2.36. The second-order valence-electron chi connectivity index (χ2n) is 3.80. The minimum atomic E-state index is -4.71. The molecule has 0 aliphatic heterocycles. The molecule has 106 valence electrons. The molecule has 1 atom stereocenters. The van der Waals surface area contributed by atoms with Gasteiger partial charge in [-0.3, -0.25) is 0 Å². The van der Waals surface area contributed by atoms with Gasteiger partial charge in [-0.05, 0) is 31.2 Å². The molecule has 19 heavy (non-hydrogen) atoms. The van der Waals surface area contributed by atoms with E-state index in [4.69, 9.17) is 5.11 Å². The van der Waals surface area contributed by atoms with E-state index in [0.717, 1.165) is 0 Å². The summed E-state index contributed by atoms with van der Waals surface area (Å²) < 4.78 is 39.5. The van der Waals surface area contributed by atoms with Gasteiger partial charge in [0.1, 0.15) is 5.75 Å². The fourth-order valence-corrected chi connectivity index (χ4v) is 1.31. The minimum absolute atomic E-state index is 0.310. The highest BCUT2D eigenvalue weighted by Crippen LogP contribution is 2.23. The van der Waals surface area contributed by atoms with Gasteiger partial charge < -0.3 is 20.5 Å². The molecule has 1 rings (SSSR count). The lowest BCUT2D eigenvalue weighted by Gasteiger charge is -2.14. The molecule has 5 nitrogen and oxygen atoms in total. The summed E-state index contributed by atoms with van der Waals surface area (Å²) in [6, 6.07) is 4.84. The van der Waals surface area contributed by atoms with E-state index >= 15 is 0 Å². The third kappa shape index (κ3) is 6.39. The van der Waals surface area contributed by atoms with Crippen LogP contribution in [0.1, 0.15) is 6.92 Å². The van der Waals surface area contributed by atoms with E-state index in [-0.39, 0.29) is 11.8 Å². The second-order valence-corrected chi connectivity index (χ2v) is 3.80. The fourth-order valence-electron chi connectivity index (χ4n) is 1.31. The Morgan fingerprint density at radius 3 is 2.42 bits per heavy atom. The van der Waals surface area contributed by atoms with Crippen molar-refractivity contribution in [3.63, 3.8) is 0 Å². The lowest BCUT2D eigenvalue weighted by molar-refractivity contribution is -0.274. The Kier molecular flexibility index (Phi) is 4.85. The molecule has 0 fully saturated rings. The first-order chi connectivity index (χ1) is 8.76. The van der Waals surface area contributed by atoms with E-state index in [2.05, 4.69) is 15.4 Å². The molecule has 8 heteroatoms. The van der Waals surface area contributed by atoms with Gasteiger partial charge in [-0.15, -0.1) is 13.2 Å². The Bertz CT molecular complexity index is 420. The SMILES string of the molecule is C[C@@H](CNc1ccc(OC(F)(F)F)cc1)NC(=O)O. The molecule has 0 radical (unpaired) electrons. The summed E-state index contributed by atoms with van der Waals surface area (Å²) >= 11 is 0. The Balaban J connectivity index is 2.46. The summed E-state index contributed by atoms with van der Waals surface area (Å²) in [5.41, 5.74) is 0.563. The van der Waals surface area contributed by atoms with Crippen LogP contribution in [0.3, 0.4) is 0 Å². The molecule has 1 amide bonds. The molecule has 0 unspecified atom stereocenters. The van der Waals surface area contributed by atoms with Gasteiger partial charge in [0.2, 0.25) is 0 Å². The topological polar surface area (TPSA) is 70.6 Å². The van der Waals surface area contributed by atoms with Crippen molar-refractivity contribution in [2.45, 2.75) is 19.3 Å². The smallest absolute Gasteiger partial charge is 0.465 e. The zero-order valence-corrected chi connectivity index (χ0v) is 9.99. The van der Waals surface area contributed by atoms with Gasteiger partial charge in [-0.2, -0.15) is 0 Å². The number of hydrogen-bond acceptors (Lipinski definition) is 3. The van der Waals surface area contributed by atoms with Crippen molar-refractivity contribution < 1.29 is 27.8 Å². The van der Waals surface area contributed by atoms with E-state index in [9.17, 15) is 18.0 Å². The van der Waals surface area contributed by atoms with Gasteiger partial charge >= 0.3 is 12.5 Å². The Hall–Kier alpha value is -2.12. The van der Waals surface area contributed by atoms with Crippen LogP contribution in [0.15, 0.2) is 24.3 Å². The normalized spacial score (nSPS) is 12.6. The lowest BCUT2D eigenvalue weighted by atomic mass is 10.2. The predicted molar refractivity (Wildman–Crippen MR) is 62.2 cm³/mol. The maximum Gasteiger partial charge on any atom is 0.573 e. The average Bonchev–Trinajstić information content (AvgIpc) is 2.25. The summed E-state index contributed by atoms with van der Waals surface area (Å²) in [5, 5.41) is 13.6. The standard InChI is InChI=1S/C11H13F3N2O3/c1-7(16-10(17)18)6-15-8-2-4-9(5-3-8)19-11(12,13)14/h2-5,7,15-16H,6H2,1H3,(H,17,18)/t7-/m0/s1. The first-order valence-corrected chi connectivity index (χ1v) is 5.35. The summed E-state index contributed by atoms with van der Waals surface area (Å²) in [7, 11) is 0. The second kappa shape index (κ2) is 6.17. The van der Waals surface area contributed by atoms with Crippen LogP contribution in [0, 0.1) is 0 Å². The molecule has 0 heterocycles. The Labute approximate surface area is 107 Å². The molecule has 0 aliphatic carbocycles. The van der Waals surface area contributed by atoms with Crippen molar-refractivity contribution in [3.8, 4) is 5.75 Å². The van der Waals surface area contributed by atoms with E-state index in [1.807, 2.05) is 0 Å². The van der Waals surface area contributed by atoms with E-state index in [1.54, 1.807) is 6.92 Å². The van der Waals surface area contributed by atoms with Gasteiger partial charge in [0.25, 0.3) is 0 Å². The van der Waals surface area contributed by atoms with Crippen LogP contribution in [0.5, 0.6) is 5.75 Å². The minimum Gasteiger partial charge on any atom is -0.465 e. The Morgan fingerprint density at radius 2 is 1.95 bits per heavy atom. The maximum atomic E-state index is 11.9. The van der Waals surface area contributed by atoms with Crippen LogP contribution in [0.25, 0.3) is 0 Å². The zero-order valence-electron chi connectivity index (χ0n) is 9.99. The van der Waals surface area contributed by atoms with Gasteiger partial charge in [0.05, 0.1) is 0 Å². The first kappa shape index (κ1) is 14.9. The van der Waals surface area contributed by atoms with Crippen molar-refractivity contribution in [2.75, 3.05) is 11.9 Å². The number of hydrogen-bond donors (Lipinski definition) is 3. The zero-order chi connectivity index (χ0) is 14.5. The molecule has 0 spiro atoms. The van der Waals surface area contributed by atoms with Crippen molar-refractivity contribution in [3.05, 3.63) is 24.3 Å². The monoisotopic (exact) mass is 278 g/mol. The van der Waals surface area contributed by atoms with Gasteiger partial charge in [0.15, 0.2) is 0 Å². The number of benzene rings is 1. The molecule has 1 aromatic carbocycles. The van der Waals surface area contributed by atoms with Crippen molar-refractivity contribution in [2.24, 2.45) is 0 Å². The van der Waals surface area contributed by atoms with Gasteiger partial charge in [-0.25, -0.2) is 4.79 Å². The van der Waals surface area contributed by atoms with E-state index in [1.165, 1.54) is 24.3 Å². The summed E-state index contributed by atoms with van der Waals surface area (Å²) in [6.07, 6.45) is -5.85. The molecule has 1 aromatic rings. The number of carbonyl (C=O) groups is 1. The molecule has 0 saturated heterocycles. The molecule has 0 saturated carbocycles. The van der Waals surface area contributed by atoms with Crippen LogP contribution in [-0.2, 0) is 0 Å². The van der Waals surface area contributed by atoms with E-state index < -0.39 is 12.5 Å². The van der Waals surface area contributed by atoms with Crippen LogP contribution in [-0.4, -0.2) is 30.1 Å². The molecular weight excluding hydrogens is 265 g/mol. The van der Waals surface area contributed by atoms with Gasteiger partial charge in [0, 0.05) is 18.3 Å². The molecule has 0 bridgehead atoms. The summed E-state index contributed by atoms with van der Waals surface area (Å²) in [6.45, 7) is 1.97. The molecule has 3 N–H and O–H groups in total. The third-order valence-corrected chi connectivity index (χ3v) is 2.07. The first-order valence-electron chi connectivity index (χ1n) is 5.35. The number of rotatable bonds is 5. The summed E-state index contributed by atoms with van der Waals surface area (Å²) in [4.78, 5) is 10.3. The highest BCUT2D eigenvalue weighted by atomic mass is 19.4. The Morgan fingerprint density at radius 1 is 1.37 bits per heavy atom.